The van der Waals surface area contributed by atoms with E-state index in [2.05, 4.69) is 10.1 Å². The van der Waals surface area contributed by atoms with Gasteiger partial charge in [0.05, 0.1) is 13.7 Å². The van der Waals surface area contributed by atoms with E-state index in [4.69, 9.17) is 9.47 Å². The summed E-state index contributed by atoms with van der Waals surface area (Å²) < 4.78 is 11.7. The molecule has 6 heteroatoms. The molecule has 0 unspecified atom stereocenters. The van der Waals surface area contributed by atoms with E-state index in [0.29, 0.717) is 12.4 Å². The second kappa shape index (κ2) is 6.18. The van der Waals surface area contributed by atoms with Gasteiger partial charge >= 0.3 is 6.01 Å². The number of hydrogen-bond acceptors (Lipinski definition) is 5. The Hall–Kier alpha value is -2.37. The van der Waals surface area contributed by atoms with Crippen LogP contribution in [0.3, 0.4) is 0 Å². The smallest absolute Gasteiger partial charge is 0.336 e. The standard InChI is InChI=1S/C14H17N3O3/c1-4-9-20-14-15-13(17(16-14)10(2)18)11-5-7-12(19-3)8-6-11/h5-8H,4,9H2,1-3H3. The van der Waals surface area contributed by atoms with Crippen LogP contribution < -0.4 is 9.47 Å². The summed E-state index contributed by atoms with van der Waals surface area (Å²) in [6.07, 6.45) is 0.854. The van der Waals surface area contributed by atoms with E-state index in [-0.39, 0.29) is 11.9 Å². The van der Waals surface area contributed by atoms with E-state index in [9.17, 15) is 4.79 Å². The number of carbonyl (C=O) groups excluding carboxylic acids is 1. The maximum atomic E-state index is 11.6. The Morgan fingerprint density at radius 3 is 2.55 bits per heavy atom. The van der Waals surface area contributed by atoms with Crippen molar-refractivity contribution in [3.05, 3.63) is 24.3 Å². The first kappa shape index (κ1) is 14.0. The largest absolute Gasteiger partial charge is 0.497 e. The third-order valence-corrected chi connectivity index (χ3v) is 2.67. The molecule has 0 aliphatic heterocycles. The van der Waals surface area contributed by atoms with Crippen molar-refractivity contribution in [2.24, 2.45) is 0 Å². The van der Waals surface area contributed by atoms with Crippen molar-refractivity contribution in [3.63, 3.8) is 0 Å². The molecule has 0 fully saturated rings. The zero-order chi connectivity index (χ0) is 14.5. The lowest BCUT2D eigenvalue weighted by Gasteiger charge is -2.03. The van der Waals surface area contributed by atoms with Crippen molar-refractivity contribution in [3.8, 4) is 23.1 Å². The van der Waals surface area contributed by atoms with Crippen molar-refractivity contribution in [2.45, 2.75) is 20.3 Å². The third-order valence-electron chi connectivity index (χ3n) is 2.67. The van der Waals surface area contributed by atoms with Gasteiger partial charge in [0.2, 0.25) is 5.91 Å². The van der Waals surface area contributed by atoms with E-state index >= 15 is 0 Å². The van der Waals surface area contributed by atoms with E-state index in [1.807, 2.05) is 19.1 Å². The maximum absolute atomic E-state index is 11.6. The van der Waals surface area contributed by atoms with Crippen molar-refractivity contribution in [1.29, 1.82) is 0 Å². The molecule has 0 radical (unpaired) electrons. The molecule has 106 valence electrons. The second-order valence-electron chi connectivity index (χ2n) is 4.23. The summed E-state index contributed by atoms with van der Waals surface area (Å²) in [4.78, 5) is 15.9. The van der Waals surface area contributed by atoms with Crippen molar-refractivity contribution >= 4 is 5.91 Å². The lowest BCUT2D eigenvalue weighted by molar-refractivity contribution is 0.0921. The van der Waals surface area contributed by atoms with Crippen LogP contribution in [0.25, 0.3) is 11.4 Å². The first-order valence-electron chi connectivity index (χ1n) is 6.41. The molecule has 6 nitrogen and oxygen atoms in total. The summed E-state index contributed by atoms with van der Waals surface area (Å²) in [7, 11) is 1.60. The van der Waals surface area contributed by atoms with Crippen molar-refractivity contribution < 1.29 is 14.3 Å². The normalized spacial score (nSPS) is 10.3. The molecule has 0 saturated carbocycles. The van der Waals surface area contributed by atoms with Gasteiger partial charge in [0.15, 0.2) is 5.82 Å². The summed E-state index contributed by atoms with van der Waals surface area (Å²) in [6, 6.07) is 7.48. The fraction of sp³-hybridized carbons (Fsp3) is 0.357. The summed E-state index contributed by atoms with van der Waals surface area (Å²) in [5.74, 6) is 0.992. The van der Waals surface area contributed by atoms with Crippen molar-refractivity contribution in [2.75, 3.05) is 13.7 Å². The molecule has 0 aliphatic rings. The highest BCUT2D eigenvalue weighted by molar-refractivity contribution is 5.80. The number of hydrogen-bond donors (Lipinski definition) is 0. The number of rotatable bonds is 5. The van der Waals surface area contributed by atoms with Gasteiger partial charge in [-0.05, 0) is 30.7 Å². The second-order valence-corrected chi connectivity index (χ2v) is 4.23. The Balaban J connectivity index is 2.37. The summed E-state index contributed by atoms with van der Waals surface area (Å²) in [5, 5.41) is 4.07. The summed E-state index contributed by atoms with van der Waals surface area (Å²) in [6.45, 7) is 3.95. The van der Waals surface area contributed by atoms with Crippen LogP contribution in [-0.4, -0.2) is 34.4 Å². The highest BCUT2D eigenvalue weighted by atomic mass is 16.5. The highest BCUT2D eigenvalue weighted by Crippen LogP contribution is 2.22. The number of ether oxygens (including phenoxy) is 2. The van der Waals surface area contributed by atoms with E-state index < -0.39 is 0 Å². The Kier molecular flexibility index (Phi) is 4.34. The Bertz CT molecular complexity index is 590. The Morgan fingerprint density at radius 1 is 1.30 bits per heavy atom. The zero-order valence-corrected chi connectivity index (χ0v) is 11.8. The zero-order valence-electron chi connectivity index (χ0n) is 11.8. The van der Waals surface area contributed by atoms with Crippen LogP contribution in [0.1, 0.15) is 25.1 Å². The first-order valence-corrected chi connectivity index (χ1v) is 6.41. The molecule has 0 amide bonds. The van der Waals surface area contributed by atoms with Gasteiger partial charge < -0.3 is 9.47 Å². The van der Waals surface area contributed by atoms with Gasteiger partial charge in [-0.3, -0.25) is 4.79 Å². The molecule has 0 spiro atoms. The SMILES string of the molecule is CCCOc1nc(-c2ccc(OC)cc2)n(C(C)=O)n1. The van der Waals surface area contributed by atoms with Crippen LogP contribution in [0.4, 0.5) is 0 Å². The summed E-state index contributed by atoms with van der Waals surface area (Å²) >= 11 is 0. The van der Waals surface area contributed by atoms with Crippen molar-refractivity contribution in [1.82, 2.24) is 14.8 Å². The molecule has 0 aliphatic carbocycles. The fourth-order valence-electron chi connectivity index (χ4n) is 1.69. The average Bonchev–Trinajstić information content (AvgIpc) is 2.89. The summed E-state index contributed by atoms with van der Waals surface area (Å²) in [5.41, 5.74) is 0.778. The van der Waals surface area contributed by atoms with Gasteiger partial charge in [0.1, 0.15) is 5.75 Å². The number of nitrogens with zero attached hydrogens (tertiary/aromatic N) is 3. The molecule has 0 saturated heterocycles. The maximum Gasteiger partial charge on any atom is 0.336 e. The molecule has 20 heavy (non-hydrogen) atoms. The van der Waals surface area contributed by atoms with Crippen LogP contribution in [0, 0.1) is 0 Å². The minimum absolute atomic E-state index is 0.213. The Labute approximate surface area is 117 Å². The molecular weight excluding hydrogens is 258 g/mol. The van der Waals surface area contributed by atoms with Crippen LogP contribution >= 0.6 is 0 Å². The van der Waals surface area contributed by atoms with Gasteiger partial charge in [-0.2, -0.15) is 9.67 Å². The molecule has 1 heterocycles. The molecule has 0 N–H and O–H groups in total. The van der Waals surface area contributed by atoms with Gasteiger partial charge in [-0.15, -0.1) is 5.10 Å². The fourth-order valence-corrected chi connectivity index (χ4v) is 1.69. The monoisotopic (exact) mass is 275 g/mol. The van der Waals surface area contributed by atoms with Crippen LogP contribution in [-0.2, 0) is 0 Å². The van der Waals surface area contributed by atoms with Gasteiger partial charge in [0, 0.05) is 12.5 Å². The predicted octanol–water partition coefficient (Wildman–Crippen LogP) is 2.40. The molecule has 0 bridgehead atoms. The predicted molar refractivity (Wildman–Crippen MR) is 74.1 cm³/mol. The molecular formula is C14H17N3O3. The van der Waals surface area contributed by atoms with Gasteiger partial charge in [0.25, 0.3) is 0 Å². The van der Waals surface area contributed by atoms with E-state index in [1.165, 1.54) is 11.6 Å². The lowest BCUT2D eigenvalue weighted by Crippen LogP contribution is -2.09. The van der Waals surface area contributed by atoms with Crippen LogP contribution in [0.5, 0.6) is 11.8 Å². The first-order chi connectivity index (χ1) is 9.65. The van der Waals surface area contributed by atoms with Gasteiger partial charge in [-0.1, -0.05) is 6.92 Å². The number of carbonyl (C=O) groups is 1. The van der Waals surface area contributed by atoms with Crippen LogP contribution in [0.15, 0.2) is 24.3 Å². The Morgan fingerprint density at radius 2 is 2.00 bits per heavy atom. The number of aromatic nitrogens is 3. The third kappa shape index (κ3) is 2.96. The van der Waals surface area contributed by atoms with Crippen LogP contribution in [0.2, 0.25) is 0 Å². The lowest BCUT2D eigenvalue weighted by atomic mass is 10.2. The molecule has 1 aromatic carbocycles. The quantitative estimate of drug-likeness (QED) is 0.838. The topological polar surface area (TPSA) is 66.2 Å². The number of benzene rings is 1. The minimum Gasteiger partial charge on any atom is -0.497 e. The molecule has 1 aromatic heterocycles. The molecule has 2 aromatic rings. The average molecular weight is 275 g/mol. The van der Waals surface area contributed by atoms with Gasteiger partial charge in [-0.25, -0.2) is 0 Å². The highest BCUT2D eigenvalue weighted by Gasteiger charge is 2.15. The van der Waals surface area contributed by atoms with E-state index in [1.54, 1.807) is 19.2 Å². The number of methoxy groups -OCH3 is 1. The minimum atomic E-state index is -0.213. The molecule has 2 rings (SSSR count). The molecule has 0 atom stereocenters. The van der Waals surface area contributed by atoms with E-state index in [0.717, 1.165) is 17.7 Å².